The van der Waals surface area contributed by atoms with Crippen LogP contribution in [0.5, 0.6) is 5.75 Å². The summed E-state index contributed by atoms with van der Waals surface area (Å²) >= 11 is 11.9. The molecular weight excluding hydrogens is 573 g/mol. The van der Waals surface area contributed by atoms with Gasteiger partial charge in [-0.3, -0.25) is 9.52 Å². The van der Waals surface area contributed by atoms with E-state index in [2.05, 4.69) is 10.0 Å². The first kappa shape index (κ1) is 28.2. The fraction of sp³-hybridized carbons (Fsp3) is 0.240. The number of ether oxygens (including phenoxy) is 1. The summed E-state index contributed by atoms with van der Waals surface area (Å²) in [4.78, 5) is 13.0. The topological polar surface area (TPSA) is 122 Å². The van der Waals surface area contributed by atoms with Gasteiger partial charge in [0.25, 0.3) is 10.0 Å². The van der Waals surface area contributed by atoms with Crippen molar-refractivity contribution in [1.29, 1.82) is 0 Å². The number of hydrogen-bond acceptors (Lipinski definition) is 6. The maximum atomic E-state index is 13.1. The number of anilines is 2. The maximum Gasteiger partial charge on any atom is 0.261 e. The molecule has 0 saturated carbocycles. The van der Waals surface area contributed by atoms with Crippen LogP contribution < -0.4 is 14.8 Å². The van der Waals surface area contributed by atoms with Crippen molar-refractivity contribution in [3.63, 3.8) is 0 Å². The molecule has 3 aromatic carbocycles. The number of halogens is 2. The van der Waals surface area contributed by atoms with Crippen molar-refractivity contribution in [2.75, 3.05) is 30.2 Å². The third-order valence-electron chi connectivity index (χ3n) is 6.06. The molecule has 1 aliphatic rings. The molecule has 13 heteroatoms. The summed E-state index contributed by atoms with van der Waals surface area (Å²) < 4.78 is 60.5. The third kappa shape index (κ3) is 6.41. The molecule has 1 unspecified atom stereocenters. The van der Waals surface area contributed by atoms with Gasteiger partial charge in [-0.05, 0) is 79.6 Å². The zero-order valence-corrected chi connectivity index (χ0v) is 23.4. The minimum absolute atomic E-state index is 0.0315. The van der Waals surface area contributed by atoms with Gasteiger partial charge in [-0.25, -0.2) is 16.8 Å². The van der Waals surface area contributed by atoms with Gasteiger partial charge in [0, 0.05) is 23.8 Å². The number of hydrogen-bond donors (Lipinski definition) is 2. The number of benzene rings is 3. The molecule has 1 heterocycles. The molecule has 202 valence electrons. The Morgan fingerprint density at radius 3 is 2.24 bits per heavy atom. The molecule has 0 radical (unpaired) electrons. The summed E-state index contributed by atoms with van der Waals surface area (Å²) in [5.41, 5.74) is 0.563. The second-order valence-electron chi connectivity index (χ2n) is 8.62. The van der Waals surface area contributed by atoms with E-state index in [4.69, 9.17) is 27.9 Å². The number of sulfonamides is 2. The molecule has 1 aliphatic heterocycles. The van der Waals surface area contributed by atoms with Crippen LogP contribution >= 0.6 is 23.2 Å². The van der Waals surface area contributed by atoms with E-state index in [1.165, 1.54) is 66.0 Å². The molecule has 0 aliphatic carbocycles. The molecule has 4 rings (SSSR count). The molecule has 0 bridgehead atoms. The fourth-order valence-electron chi connectivity index (χ4n) is 4.01. The van der Waals surface area contributed by atoms with Gasteiger partial charge in [-0.1, -0.05) is 23.2 Å². The van der Waals surface area contributed by atoms with E-state index in [0.29, 0.717) is 35.8 Å². The van der Waals surface area contributed by atoms with Gasteiger partial charge in [0.05, 0.1) is 33.5 Å². The van der Waals surface area contributed by atoms with Crippen LogP contribution in [0, 0.1) is 5.92 Å². The van der Waals surface area contributed by atoms with Crippen LogP contribution in [-0.2, 0) is 24.8 Å². The smallest absolute Gasteiger partial charge is 0.261 e. The molecule has 1 atom stereocenters. The second kappa shape index (κ2) is 11.5. The lowest BCUT2D eigenvalue weighted by molar-refractivity contribution is -0.120. The quantitative estimate of drug-likeness (QED) is 0.383. The Kier molecular flexibility index (Phi) is 8.53. The molecular formula is C25H25Cl2N3O6S2. The van der Waals surface area contributed by atoms with Gasteiger partial charge >= 0.3 is 0 Å². The molecule has 38 heavy (non-hydrogen) atoms. The molecule has 9 nitrogen and oxygen atoms in total. The SMILES string of the molecule is COc1ccc(S(=O)(=O)N2CCCC(C(=O)Nc3ccc(S(=O)(=O)Nc4ccc(Cl)cc4Cl)cc3)C2)cc1. The first-order valence-corrected chi connectivity index (χ1v) is 15.2. The van der Waals surface area contributed by atoms with Gasteiger partial charge in [-0.15, -0.1) is 0 Å². The largest absolute Gasteiger partial charge is 0.497 e. The summed E-state index contributed by atoms with van der Waals surface area (Å²) in [6, 6.07) is 16.1. The lowest BCUT2D eigenvalue weighted by atomic mass is 9.99. The number of piperidine rings is 1. The molecule has 0 aromatic heterocycles. The van der Waals surface area contributed by atoms with Crippen LogP contribution in [-0.4, -0.2) is 47.2 Å². The number of nitrogens with one attached hydrogen (secondary N) is 2. The third-order valence-corrected chi connectivity index (χ3v) is 9.87. The van der Waals surface area contributed by atoms with Crippen molar-refractivity contribution in [2.24, 2.45) is 5.92 Å². The normalized spacial score (nSPS) is 16.6. The zero-order valence-electron chi connectivity index (χ0n) is 20.2. The van der Waals surface area contributed by atoms with Crippen LogP contribution in [0.4, 0.5) is 11.4 Å². The predicted molar refractivity (Wildman–Crippen MR) is 147 cm³/mol. The molecule has 1 amide bonds. The summed E-state index contributed by atoms with van der Waals surface area (Å²) in [6.07, 6.45) is 1.06. The van der Waals surface area contributed by atoms with Crippen LogP contribution in [0.25, 0.3) is 0 Å². The van der Waals surface area contributed by atoms with Crippen LogP contribution in [0.2, 0.25) is 10.0 Å². The lowest BCUT2D eigenvalue weighted by Gasteiger charge is -2.31. The van der Waals surface area contributed by atoms with E-state index in [-0.39, 0.29) is 33.0 Å². The number of amides is 1. The Bertz CT molecular complexity index is 1530. The zero-order chi connectivity index (χ0) is 27.5. The maximum absolute atomic E-state index is 13.1. The van der Waals surface area contributed by atoms with E-state index in [0.717, 1.165) is 0 Å². The van der Waals surface area contributed by atoms with Crippen LogP contribution in [0.15, 0.2) is 76.5 Å². The van der Waals surface area contributed by atoms with E-state index >= 15 is 0 Å². The summed E-state index contributed by atoms with van der Waals surface area (Å²) in [5.74, 6) is -0.363. The monoisotopic (exact) mass is 597 g/mol. The average molecular weight is 599 g/mol. The second-order valence-corrected chi connectivity index (χ2v) is 13.1. The number of methoxy groups -OCH3 is 1. The van der Waals surface area contributed by atoms with Gasteiger partial charge in [0.15, 0.2) is 0 Å². The fourth-order valence-corrected chi connectivity index (χ4v) is 7.12. The minimum Gasteiger partial charge on any atom is -0.497 e. The first-order valence-electron chi connectivity index (χ1n) is 11.5. The highest BCUT2D eigenvalue weighted by atomic mass is 35.5. The van der Waals surface area contributed by atoms with Crippen LogP contribution in [0.1, 0.15) is 12.8 Å². The lowest BCUT2D eigenvalue weighted by Crippen LogP contribution is -2.43. The Labute approximate surface area is 231 Å². The summed E-state index contributed by atoms with van der Waals surface area (Å²) in [5, 5.41) is 3.28. The van der Waals surface area contributed by atoms with Crippen molar-refractivity contribution in [2.45, 2.75) is 22.6 Å². The summed E-state index contributed by atoms with van der Waals surface area (Å²) in [6.45, 7) is 0.355. The molecule has 3 aromatic rings. The predicted octanol–water partition coefficient (Wildman–Crippen LogP) is 4.84. The minimum atomic E-state index is -3.94. The van der Waals surface area contributed by atoms with Crippen molar-refractivity contribution in [3.8, 4) is 5.75 Å². The molecule has 2 N–H and O–H groups in total. The Balaban J connectivity index is 1.41. The van der Waals surface area contributed by atoms with Gasteiger partial charge in [-0.2, -0.15) is 4.31 Å². The number of rotatable bonds is 8. The van der Waals surface area contributed by atoms with Crippen LogP contribution in [0.3, 0.4) is 0 Å². The number of carbonyl (C=O) groups excluding carboxylic acids is 1. The number of nitrogens with zero attached hydrogens (tertiary/aromatic N) is 1. The van der Waals surface area contributed by atoms with E-state index in [1.807, 2.05) is 0 Å². The molecule has 0 spiro atoms. The van der Waals surface area contributed by atoms with Crippen molar-refractivity contribution >= 4 is 60.5 Å². The van der Waals surface area contributed by atoms with Crippen molar-refractivity contribution in [1.82, 2.24) is 4.31 Å². The summed E-state index contributed by atoms with van der Waals surface area (Å²) in [7, 11) is -6.21. The molecule has 1 fully saturated rings. The standard InChI is InChI=1S/C25H25Cl2N3O6S2/c1-36-20-7-11-22(12-8-20)38(34,35)30-14-2-3-17(16-30)25(31)28-19-5-9-21(10-6-19)37(32,33)29-24-13-4-18(26)15-23(24)27/h4-13,15,17,29H,2-3,14,16H2,1H3,(H,28,31). The van der Waals surface area contributed by atoms with E-state index < -0.39 is 26.0 Å². The van der Waals surface area contributed by atoms with Crippen molar-refractivity contribution in [3.05, 3.63) is 76.8 Å². The Hall–Kier alpha value is -2.83. The van der Waals surface area contributed by atoms with Gasteiger partial charge < -0.3 is 10.1 Å². The Morgan fingerprint density at radius 2 is 1.61 bits per heavy atom. The first-order chi connectivity index (χ1) is 18.0. The van der Waals surface area contributed by atoms with Crippen molar-refractivity contribution < 1.29 is 26.4 Å². The highest BCUT2D eigenvalue weighted by Crippen LogP contribution is 2.29. The highest BCUT2D eigenvalue weighted by molar-refractivity contribution is 7.92. The number of carbonyl (C=O) groups is 1. The van der Waals surface area contributed by atoms with E-state index in [1.54, 1.807) is 12.1 Å². The van der Waals surface area contributed by atoms with Gasteiger partial charge in [0.1, 0.15) is 5.75 Å². The average Bonchev–Trinajstić information content (AvgIpc) is 2.90. The highest BCUT2D eigenvalue weighted by Gasteiger charge is 2.33. The van der Waals surface area contributed by atoms with E-state index in [9.17, 15) is 21.6 Å². The Morgan fingerprint density at radius 1 is 0.947 bits per heavy atom. The molecule has 1 saturated heterocycles. The van der Waals surface area contributed by atoms with Gasteiger partial charge in [0.2, 0.25) is 15.9 Å².